The molecule has 4 heteroatoms. The van der Waals surface area contributed by atoms with E-state index >= 15 is 0 Å². The molecule has 0 heterocycles. The first kappa shape index (κ1) is 14.6. The van der Waals surface area contributed by atoms with Crippen molar-refractivity contribution in [2.75, 3.05) is 13.1 Å². The number of nitrogens with zero attached hydrogens (tertiary/aromatic N) is 1. The van der Waals surface area contributed by atoms with Gasteiger partial charge < -0.3 is 5.73 Å². The monoisotopic (exact) mass is 251 g/mol. The zero-order valence-electron chi connectivity index (χ0n) is 11.1. The van der Waals surface area contributed by atoms with Crippen LogP contribution >= 0.6 is 0 Å². The first-order valence-corrected chi connectivity index (χ1v) is 6.27. The quantitative estimate of drug-likeness (QED) is 0.578. The summed E-state index contributed by atoms with van der Waals surface area (Å²) < 4.78 is 13.1. The van der Waals surface area contributed by atoms with Crippen molar-refractivity contribution in [1.82, 2.24) is 4.90 Å². The van der Waals surface area contributed by atoms with E-state index in [1.54, 1.807) is 12.1 Å². The summed E-state index contributed by atoms with van der Waals surface area (Å²) in [5, 5.41) is 7.28. The molecule has 0 unspecified atom stereocenters. The van der Waals surface area contributed by atoms with Crippen molar-refractivity contribution in [1.29, 1.82) is 5.41 Å². The smallest absolute Gasteiger partial charge is 0.123 e. The number of hydrogen-bond donors (Lipinski definition) is 2. The van der Waals surface area contributed by atoms with E-state index in [9.17, 15) is 4.39 Å². The Hall–Kier alpha value is -1.42. The number of amidine groups is 1. The predicted molar refractivity (Wildman–Crippen MR) is 73.0 cm³/mol. The van der Waals surface area contributed by atoms with Crippen LogP contribution in [0.1, 0.15) is 25.8 Å². The van der Waals surface area contributed by atoms with E-state index in [4.69, 9.17) is 11.1 Å². The fourth-order valence-electron chi connectivity index (χ4n) is 1.92. The van der Waals surface area contributed by atoms with Crippen molar-refractivity contribution in [3.63, 3.8) is 0 Å². The van der Waals surface area contributed by atoms with Crippen molar-refractivity contribution in [3.8, 4) is 0 Å². The lowest BCUT2D eigenvalue weighted by Crippen LogP contribution is -2.30. The lowest BCUT2D eigenvalue weighted by Gasteiger charge is -2.24. The van der Waals surface area contributed by atoms with Crippen LogP contribution in [0.4, 0.5) is 4.39 Å². The molecule has 0 amide bonds. The van der Waals surface area contributed by atoms with Crippen LogP contribution in [0.2, 0.25) is 0 Å². The Balaban J connectivity index is 2.62. The second kappa shape index (κ2) is 7.11. The predicted octanol–water partition coefficient (Wildman–Crippen LogP) is 2.61. The summed E-state index contributed by atoms with van der Waals surface area (Å²) in [4.78, 5) is 2.21. The summed E-state index contributed by atoms with van der Waals surface area (Å²) in [7, 11) is 0. The third-order valence-corrected chi connectivity index (χ3v) is 2.62. The van der Waals surface area contributed by atoms with Crippen LogP contribution in [-0.4, -0.2) is 23.8 Å². The van der Waals surface area contributed by atoms with Gasteiger partial charge in [-0.1, -0.05) is 26.0 Å². The molecule has 3 N–H and O–H groups in total. The van der Waals surface area contributed by atoms with E-state index in [-0.39, 0.29) is 11.7 Å². The number of rotatable bonds is 7. The minimum Gasteiger partial charge on any atom is -0.388 e. The highest BCUT2D eigenvalue weighted by Gasteiger charge is 2.09. The molecular weight excluding hydrogens is 229 g/mol. The summed E-state index contributed by atoms with van der Waals surface area (Å²) in [6, 6.07) is 6.65. The zero-order chi connectivity index (χ0) is 13.5. The summed E-state index contributed by atoms with van der Waals surface area (Å²) in [5.74, 6) is 0.525. The molecule has 0 radical (unpaired) electrons. The number of hydrogen-bond acceptors (Lipinski definition) is 2. The topological polar surface area (TPSA) is 53.1 Å². The zero-order valence-corrected chi connectivity index (χ0v) is 11.1. The summed E-state index contributed by atoms with van der Waals surface area (Å²) in [6.07, 6.45) is 0.558. The van der Waals surface area contributed by atoms with Crippen LogP contribution in [-0.2, 0) is 6.54 Å². The summed E-state index contributed by atoms with van der Waals surface area (Å²) >= 11 is 0. The molecule has 0 bridgehead atoms. The standard InChI is InChI=1S/C14H22FN3/c1-11(2)9-18(7-6-14(16)17)10-12-4-3-5-13(15)8-12/h3-5,8,11H,6-7,9-10H2,1-2H3,(H3,16,17). The van der Waals surface area contributed by atoms with Gasteiger partial charge in [0.25, 0.3) is 0 Å². The second-order valence-electron chi connectivity index (χ2n) is 5.03. The van der Waals surface area contributed by atoms with Gasteiger partial charge in [-0.25, -0.2) is 4.39 Å². The van der Waals surface area contributed by atoms with Crippen LogP contribution in [0, 0.1) is 17.1 Å². The van der Waals surface area contributed by atoms with E-state index < -0.39 is 0 Å². The largest absolute Gasteiger partial charge is 0.388 e. The van der Waals surface area contributed by atoms with Crippen LogP contribution < -0.4 is 5.73 Å². The Morgan fingerprint density at radius 2 is 2.17 bits per heavy atom. The Morgan fingerprint density at radius 1 is 1.44 bits per heavy atom. The van der Waals surface area contributed by atoms with Crippen molar-refractivity contribution in [2.24, 2.45) is 11.7 Å². The van der Waals surface area contributed by atoms with E-state index in [1.807, 2.05) is 6.07 Å². The molecule has 1 aromatic carbocycles. The Bertz CT molecular complexity index is 390. The van der Waals surface area contributed by atoms with Crippen LogP contribution in [0.25, 0.3) is 0 Å². The molecule has 0 aliphatic rings. The molecule has 0 atom stereocenters. The molecule has 0 aromatic heterocycles. The van der Waals surface area contributed by atoms with Gasteiger partial charge in [-0.15, -0.1) is 0 Å². The van der Waals surface area contributed by atoms with Gasteiger partial charge in [-0.2, -0.15) is 0 Å². The molecule has 0 aliphatic heterocycles. The van der Waals surface area contributed by atoms with Crippen LogP contribution in [0.15, 0.2) is 24.3 Å². The molecule has 0 spiro atoms. The second-order valence-corrected chi connectivity index (χ2v) is 5.03. The van der Waals surface area contributed by atoms with Gasteiger partial charge in [0.2, 0.25) is 0 Å². The Labute approximate surface area is 108 Å². The van der Waals surface area contributed by atoms with E-state index in [1.165, 1.54) is 6.07 Å². The van der Waals surface area contributed by atoms with E-state index in [0.29, 0.717) is 18.9 Å². The maximum absolute atomic E-state index is 13.1. The van der Waals surface area contributed by atoms with Crippen molar-refractivity contribution in [2.45, 2.75) is 26.8 Å². The van der Waals surface area contributed by atoms with Crippen molar-refractivity contribution in [3.05, 3.63) is 35.6 Å². The fraction of sp³-hybridized carbons (Fsp3) is 0.500. The summed E-state index contributed by atoms with van der Waals surface area (Å²) in [5.41, 5.74) is 6.34. The van der Waals surface area contributed by atoms with Gasteiger partial charge in [-0.05, 0) is 23.6 Å². The lowest BCUT2D eigenvalue weighted by atomic mass is 10.1. The number of benzene rings is 1. The van der Waals surface area contributed by atoms with Gasteiger partial charge in [0.15, 0.2) is 0 Å². The third-order valence-electron chi connectivity index (χ3n) is 2.62. The number of nitrogens with one attached hydrogen (secondary N) is 1. The maximum atomic E-state index is 13.1. The highest BCUT2D eigenvalue weighted by atomic mass is 19.1. The highest BCUT2D eigenvalue weighted by Crippen LogP contribution is 2.09. The maximum Gasteiger partial charge on any atom is 0.123 e. The molecule has 18 heavy (non-hydrogen) atoms. The van der Waals surface area contributed by atoms with Gasteiger partial charge in [0.1, 0.15) is 5.82 Å². The SMILES string of the molecule is CC(C)CN(CCC(=N)N)Cc1cccc(F)c1. The van der Waals surface area contributed by atoms with Crippen LogP contribution in [0.3, 0.4) is 0 Å². The molecule has 0 saturated carbocycles. The molecule has 0 saturated heterocycles. The first-order chi connectivity index (χ1) is 8.47. The third kappa shape index (κ3) is 5.77. The summed E-state index contributed by atoms with van der Waals surface area (Å²) in [6.45, 7) is 6.65. The van der Waals surface area contributed by atoms with Gasteiger partial charge in [0, 0.05) is 26.1 Å². The van der Waals surface area contributed by atoms with E-state index in [2.05, 4.69) is 18.7 Å². The highest BCUT2D eigenvalue weighted by molar-refractivity contribution is 5.76. The average molecular weight is 251 g/mol. The molecule has 1 aromatic rings. The normalized spacial score (nSPS) is 11.2. The Morgan fingerprint density at radius 3 is 2.72 bits per heavy atom. The van der Waals surface area contributed by atoms with Crippen molar-refractivity contribution < 1.29 is 4.39 Å². The number of halogens is 1. The molecule has 0 aliphatic carbocycles. The Kier molecular flexibility index (Phi) is 5.78. The minimum absolute atomic E-state index is 0.197. The number of nitrogens with two attached hydrogens (primary N) is 1. The van der Waals surface area contributed by atoms with E-state index in [0.717, 1.165) is 18.7 Å². The fourth-order valence-corrected chi connectivity index (χ4v) is 1.92. The molecule has 3 nitrogen and oxygen atoms in total. The van der Waals surface area contributed by atoms with Crippen molar-refractivity contribution >= 4 is 5.84 Å². The first-order valence-electron chi connectivity index (χ1n) is 6.27. The van der Waals surface area contributed by atoms with Gasteiger partial charge in [0.05, 0.1) is 5.84 Å². The van der Waals surface area contributed by atoms with Gasteiger partial charge in [-0.3, -0.25) is 10.3 Å². The molecule has 100 valence electrons. The molecule has 1 rings (SSSR count). The van der Waals surface area contributed by atoms with Crippen LogP contribution in [0.5, 0.6) is 0 Å². The average Bonchev–Trinajstić information content (AvgIpc) is 2.25. The minimum atomic E-state index is -0.205. The molecule has 0 fully saturated rings. The van der Waals surface area contributed by atoms with Gasteiger partial charge >= 0.3 is 0 Å². The lowest BCUT2D eigenvalue weighted by molar-refractivity contribution is 0.242. The molecular formula is C14H22FN3.